The smallest absolute Gasteiger partial charge is 0.374 e. The van der Waals surface area contributed by atoms with Crippen molar-refractivity contribution in [1.29, 1.82) is 0 Å². The Bertz CT molecular complexity index is 650. The monoisotopic (exact) mass is 345 g/mol. The van der Waals surface area contributed by atoms with E-state index in [1.807, 2.05) is 0 Å². The summed E-state index contributed by atoms with van der Waals surface area (Å²) in [7, 11) is 0. The van der Waals surface area contributed by atoms with Crippen LogP contribution in [0.3, 0.4) is 0 Å². The second-order valence-electron chi connectivity index (χ2n) is 3.43. The Kier molecular flexibility index (Phi) is 3.59. The lowest BCUT2D eigenvalue weighted by Crippen LogP contribution is -2.05. The SMILES string of the molecule is O=C(O)c1nc(-c2cc(Br)ccc2Cl)oc1C(=O)O. The van der Waals surface area contributed by atoms with E-state index in [-0.39, 0.29) is 10.9 Å². The van der Waals surface area contributed by atoms with E-state index in [9.17, 15) is 9.59 Å². The zero-order valence-corrected chi connectivity index (χ0v) is 11.4. The van der Waals surface area contributed by atoms with Gasteiger partial charge in [0.1, 0.15) is 0 Å². The van der Waals surface area contributed by atoms with Crippen molar-refractivity contribution in [3.05, 3.63) is 39.1 Å². The van der Waals surface area contributed by atoms with Crippen LogP contribution in [0.15, 0.2) is 27.1 Å². The van der Waals surface area contributed by atoms with E-state index in [1.54, 1.807) is 18.2 Å². The van der Waals surface area contributed by atoms with Crippen LogP contribution in [0.2, 0.25) is 5.02 Å². The molecule has 0 bridgehead atoms. The zero-order valence-electron chi connectivity index (χ0n) is 9.05. The largest absolute Gasteiger partial charge is 0.476 e. The molecule has 1 aromatic carbocycles. The normalized spacial score (nSPS) is 10.4. The average Bonchev–Trinajstić information content (AvgIpc) is 2.77. The van der Waals surface area contributed by atoms with Crippen LogP contribution in [0.5, 0.6) is 0 Å². The van der Waals surface area contributed by atoms with Gasteiger partial charge in [0.15, 0.2) is 0 Å². The highest BCUT2D eigenvalue weighted by Crippen LogP contribution is 2.31. The minimum absolute atomic E-state index is 0.166. The van der Waals surface area contributed by atoms with Crippen LogP contribution in [0, 0.1) is 0 Å². The lowest BCUT2D eigenvalue weighted by Gasteiger charge is -1.99. The molecule has 0 aliphatic rings. The number of halogens is 2. The summed E-state index contributed by atoms with van der Waals surface area (Å²) in [5, 5.41) is 18.0. The summed E-state index contributed by atoms with van der Waals surface area (Å²) in [6.45, 7) is 0. The van der Waals surface area contributed by atoms with Gasteiger partial charge in [0.25, 0.3) is 0 Å². The Morgan fingerprint density at radius 1 is 1.26 bits per heavy atom. The highest BCUT2D eigenvalue weighted by molar-refractivity contribution is 9.10. The quantitative estimate of drug-likeness (QED) is 0.885. The van der Waals surface area contributed by atoms with E-state index in [2.05, 4.69) is 20.9 Å². The molecule has 0 spiro atoms. The van der Waals surface area contributed by atoms with Crippen LogP contribution in [0.1, 0.15) is 21.0 Å². The molecular formula is C11H5BrClNO5. The van der Waals surface area contributed by atoms with Crippen molar-refractivity contribution in [2.24, 2.45) is 0 Å². The fourth-order valence-electron chi connectivity index (χ4n) is 1.39. The van der Waals surface area contributed by atoms with Gasteiger partial charge in [-0.25, -0.2) is 14.6 Å². The number of carboxylic acid groups (broad SMARTS) is 2. The third-order valence-electron chi connectivity index (χ3n) is 2.18. The highest BCUT2D eigenvalue weighted by atomic mass is 79.9. The van der Waals surface area contributed by atoms with Crippen LogP contribution < -0.4 is 0 Å². The standard InChI is InChI=1S/C11H5BrClNO5/c12-4-1-2-6(13)5(3-4)9-14-7(10(15)16)8(19-9)11(17)18/h1-3H,(H,15,16)(H,17,18). The summed E-state index contributed by atoms with van der Waals surface area (Å²) >= 11 is 9.15. The van der Waals surface area contributed by atoms with Crippen molar-refractivity contribution < 1.29 is 24.2 Å². The molecule has 8 heteroatoms. The maximum atomic E-state index is 10.9. The number of hydrogen-bond acceptors (Lipinski definition) is 4. The van der Waals surface area contributed by atoms with Crippen LogP contribution >= 0.6 is 27.5 Å². The number of aromatic carboxylic acids is 2. The number of benzene rings is 1. The molecule has 1 aromatic heterocycles. The lowest BCUT2D eigenvalue weighted by atomic mass is 10.2. The molecule has 0 unspecified atom stereocenters. The van der Waals surface area contributed by atoms with Crippen LogP contribution in [-0.4, -0.2) is 27.1 Å². The van der Waals surface area contributed by atoms with E-state index in [0.717, 1.165) is 0 Å². The Hall–Kier alpha value is -1.86. The lowest BCUT2D eigenvalue weighted by molar-refractivity contribution is 0.0624. The Balaban J connectivity index is 2.64. The molecule has 0 aliphatic heterocycles. The molecule has 0 radical (unpaired) electrons. The number of carbonyl (C=O) groups is 2. The molecule has 0 saturated carbocycles. The second kappa shape index (κ2) is 5.02. The third kappa shape index (κ3) is 2.61. The second-order valence-corrected chi connectivity index (χ2v) is 4.75. The van der Waals surface area contributed by atoms with Gasteiger partial charge in [-0.2, -0.15) is 0 Å². The molecule has 19 heavy (non-hydrogen) atoms. The van der Waals surface area contributed by atoms with Crippen LogP contribution in [0.25, 0.3) is 11.5 Å². The van der Waals surface area contributed by atoms with Crippen molar-refractivity contribution in [3.8, 4) is 11.5 Å². The molecule has 0 atom stereocenters. The fraction of sp³-hybridized carbons (Fsp3) is 0. The summed E-state index contributed by atoms with van der Waals surface area (Å²) in [5.41, 5.74) is -0.371. The minimum Gasteiger partial charge on any atom is -0.476 e. The maximum Gasteiger partial charge on any atom is 0.374 e. The third-order valence-corrected chi connectivity index (χ3v) is 3.01. The molecule has 0 amide bonds. The van der Waals surface area contributed by atoms with E-state index in [0.29, 0.717) is 10.0 Å². The van der Waals surface area contributed by atoms with Crippen molar-refractivity contribution in [2.45, 2.75) is 0 Å². The average molecular weight is 347 g/mol. The first-order chi connectivity index (χ1) is 8.90. The summed E-state index contributed by atoms with van der Waals surface area (Å²) in [6.07, 6.45) is 0. The van der Waals surface area contributed by atoms with Gasteiger partial charge in [-0.15, -0.1) is 0 Å². The molecule has 0 saturated heterocycles. The van der Waals surface area contributed by atoms with E-state index in [1.165, 1.54) is 0 Å². The molecule has 98 valence electrons. The van der Waals surface area contributed by atoms with Gasteiger partial charge in [0.05, 0.1) is 10.6 Å². The predicted molar refractivity (Wildman–Crippen MR) is 68.6 cm³/mol. The topological polar surface area (TPSA) is 101 Å². The molecule has 2 rings (SSSR count). The van der Waals surface area contributed by atoms with Gasteiger partial charge in [0.2, 0.25) is 17.3 Å². The van der Waals surface area contributed by atoms with E-state index < -0.39 is 23.4 Å². The van der Waals surface area contributed by atoms with Crippen molar-refractivity contribution in [3.63, 3.8) is 0 Å². The van der Waals surface area contributed by atoms with Gasteiger partial charge < -0.3 is 14.6 Å². The molecule has 2 aromatic rings. The van der Waals surface area contributed by atoms with Crippen molar-refractivity contribution in [1.82, 2.24) is 4.98 Å². The summed E-state index contributed by atoms with van der Waals surface area (Å²) in [5.74, 6) is -3.90. The number of hydrogen-bond donors (Lipinski definition) is 2. The Labute approximate surface area is 119 Å². The van der Waals surface area contributed by atoms with Gasteiger partial charge in [-0.3, -0.25) is 0 Å². The first-order valence-corrected chi connectivity index (χ1v) is 6.00. The summed E-state index contributed by atoms with van der Waals surface area (Å²) in [6, 6.07) is 4.77. The minimum atomic E-state index is -1.51. The number of nitrogens with zero attached hydrogens (tertiary/aromatic N) is 1. The van der Waals surface area contributed by atoms with Crippen LogP contribution in [0.4, 0.5) is 0 Å². The van der Waals surface area contributed by atoms with Gasteiger partial charge in [0, 0.05) is 4.47 Å². The summed E-state index contributed by atoms with van der Waals surface area (Å²) < 4.78 is 5.63. The highest BCUT2D eigenvalue weighted by Gasteiger charge is 2.26. The molecule has 6 nitrogen and oxygen atoms in total. The molecule has 0 fully saturated rings. The van der Waals surface area contributed by atoms with Gasteiger partial charge in [-0.05, 0) is 18.2 Å². The van der Waals surface area contributed by atoms with Crippen molar-refractivity contribution >= 4 is 39.5 Å². The van der Waals surface area contributed by atoms with E-state index in [4.69, 9.17) is 26.2 Å². The van der Waals surface area contributed by atoms with Gasteiger partial charge >= 0.3 is 11.9 Å². The molecule has 1 heterocycles. The number of rotatable bonds is 3. The molecular weight excluding hydrogens is 341 g/mol. The Morgan fingerprint density at radius 2 is 1.95 bits per heavy atom. The fourth-order valence-corrected chi connectivity index (χ4v) is 1.95. The molecule has 2 N–H and O–H groups in total. The van der Waals surface area contributed by atoms with Crippen LogP contribution in [-0.2, 0) is 0 Å². The first-order valence-electron chi connectivity index (χ1n) is 4.83. The number of oxazole rings is 1. The van der Waals surface area contributed by atoms with Gasteiger partial charge in [-0.1, -0.05) is 27.5 Å². The maximum absolute atomic E-state index is 10.9. The predicted octanol–water partition coefficient (Wildman–Crippen LogP) is 3.15. The summed E-state index contributed by atoms with van der Waals surface area (Å²) in [4.78, 5) is 25.4. The first kappa shape index (κ1) is 13.6. The van der Waals surface area contributed by atoms with Crippen molar-refractivity contribution in [2.75, 3.05) is 0 Å². The molecule has 0 aliphatic carbocycles. The number of carboxylic acids is 2. The zero-order chi connectivity index (χ0) is 14.2. The Morgan fingerprint density at radius 3 is 2.47 bits per heavy atom. The number of aromatic nitrogens is 1. The van der Waals surface area contributed by atoms with E-state index >= 15 is 0 Å².